The summed E-state index contributed by atoms with van der Waals surface area (Å²) < 4.78 is 39.6. The van der Waals surface area contributed by atoms with Crippen LogP contribution < -0.4 is 4.72 Å². The number of aromatic nitrogens is 1. The van der Waals surface area contributed by atoms with E-state index in [9.17, 15) is 12.8 Å². The molecule has 0 saturated heterocycles. The normalized spacial score (nSPS) is 11.2. The first-order valence-corrected chi connectivity index (χ1v) is 7.15. The summed E-state index contributed by atoms with van der Waals surface area (Å²) in [6, 6.07) is 8.56. The Kier molecular flexibility index (Phi) is 3.63. The molecule has 0 unspecified atom stereocenters. The van der Waals surface area contributed by atoms with Crippen LogP contribution in [0, 0.1) is 5.95 Å². The number of hydrogen-bond acceptors (Lipinski definition) is 3. The van der Waals surface area contributed by atoms with Crippen molar-refractivity contribution in [2.24, 2.45) is 0 Å². The Balaban J connectivity index is 2.27. The Morgan fingerprint density at radius 3 is 2.33 bits per heavy atom. The molecule has 1 aromatic heterocycles. The van der Waals surface area contributed by atoms with Crippen LogP contribution >= 0.6 is 15.9 Å². The van der Waals surface area contributed by atoms with E-state index in [1.807, 2.05) is 0 Å². The molecule has 0 aliphatic rings. The fourth-order valence-electron chi connectivity index (χ4n) is 1.26. The maximum Gasteiger partial charge on any atom is 0.261 e. The molecule has 4 nitrogen and oxygen atoms in total. The van der Waals surface area contributed by atoms with E-state index in [1.165, 1.54) is 18.2 Å². The van der Waals surface area contributed by atoms with Gasteiger partial charge >= 0.3 is 0 Å². The lowest BCUT2D eigenvalue weighted by Crippen LogP contribution is -2.13. The fourth-order valence-corrected chi connectivity index (χ4v) is 2.57. The highest BCUT2D eigenvalue weighted by molar-refractivity contribution is 9.10. The summed E-state index contributed by atoms with van der Waals surface area (Å²) in [4.78, 5) is 3.49. The van der Waals surface area contributed by atoms with Crippen molar-refractivity contribution in [2.75, 3.05) is 4.72 Å². The Morgan fingerprint density at radius 1 is 1.11 bits per heavy atom. The first kappa shape index (κ1) is 13.0. The van der Waals surface area contributed by atoms with Crippen LogP contribution in [-0.4, -0.2) is 13.4 Å². The van der Waals surface area contributed by atoms with Crippen LogP contribution in [0.4, 0.5) is 10.1 Å². The number of benzene rings is 1. The molecule has 0 aliphatic heterocycles. The largest absolute Gasteiger partial charge is 0.278 e. The SMILES string of the molecule is O=S(=O)(Nc1ccc(F)nc1)c1ccc(Br)cc1. The average Bonchev–Trinajstić information content (AvgIpc) is 2.32. The van der Waals surface area contributed by atoms with Crippen LogP contribution in [0.25, 0.3) is 0 Å². The third kappa shape index (κ3) is 3.05. The zero-order valence-corrected chi connectivity index (χ0v) is 11.4. The number of rotatable bonds is 3. The van der Waals surface area contributed by atoms with Crippen molar-refractivity contribution in [1.29, 1.82) is 0 Å². The predicted molar refractivity (Wildman–Crippen MR) is 69.1 cm³/mol. The van der Waals surface area contributed by atoms with Crippen LogP contribution in [0.5, 0.6) is 0 Å². The summed E-state index contributed by atoms with van der Waals surface area (Å²) in [7, 11) is -3.68. The van der Waals surface area contributed by atoms with E-state index < -0.39 is 16.0 Å². The van der Waals surface area contributed by atoms with Gasteiger partial charge in [-0.2, -0.15) is 4.39 Å². The molecule has 0 bridgehead atoms. The van der Waals surface area contributed by atoms with Crippen molar-refractivity contribution in [2.45, 2.75) is 4.90 Å². The van der Waals surface area contributed by atoms with Crippen molar-refractivity contribution in [3.8, 4) is 0 Å². The lowest BCUT2D eigenvalue weighted by atomic mass is 10.4. The van der Waals surface area contributed by atoms with Gasteiger partial charge in [0.1, 0.15) is 0 Å². The summed E-state index contributed by atoms with van der Waals surface area (Å²) in [6.07, 6.45) is 1.12. The molecule has 1 heterocycles. The summed E-state index contributed by atoms with van der Waals surface area (Å²) in [5.74, 6) is -0.665. The molecule has 0 amide bonds. The van der Waals surface area contributed by atoms with Gasteiger partial charge in [0.2, 0.25) is 5.95 Å². The summed E-state index contributed by atoms with van der Waals surface area (Å²) in [6.45, 7) is 0. The minimum Gasteiger partial charge on any atom is -0.278 e. The molecule has 2 aromatic rings. The molecular weight excluding hydrogens is 323 g/mol. The zero-order chi connectivity index (χ0) is 13.2. The highest BCUT2D eigenvalue weighted by atomic mass is 79.9. The lowest BCUT2D eigenvalue weighted by molar-refractivity contribution is 0.583. The van der Waals surface area contributed by atoms with Gasteiger partial charge in [-0.25, -0.2) is 13.4 Å². The van der Waals surface area contributed by atoms with E-state index in [0.717, 1.165) is 16.7 Å². The Labute approximate surface area is 112 Å². The Hall–Kier alpha value is -1.47. The van der Waals surface area contributed by atoms with Crippen molar-refractivity contribution in [1.82, 2.24) is 4.98 Å². The molecule has 0 aliphatic carbocycles. The van der Waals surface area contributed by atoms with E-state index in [4.69, 9.17) is 0 Å². The van der Waals surface area contributed by atoms with Crippen molar-refractivity contribution >= 4 is 31.6 Å². The van der Waals surface area contributed by atoms with E-state index in [1.54, 1.807) is 12.1 Å². The second kappa shape index (κ2) is 5.03. The average molecular weight is 331 g/mol. The van der Waals surface area contributed by atoms with Crippen molar-refractivity contribution in [3.05, 3.63) is 53.0 Å². The van der Waals surface area contributed by atoms with Gasteiger partial charge in [-0.05, 0) is 36.4 Å². The van der Waals surface area contributed by atoms with Crippen LogP contribution in [0.3, 0.4) is 0 Å². The number of hydrogen-bond donors (Lipinski definition) is 1. The van der Waals surface area contributed by atoms with Crippen molar-refractivity contribution in [3.63, 3.8) is 0 Å². The number of nitrogens with zero attached hydrogens (tertiary/aromatic N) is 1. The second-order valence-corrected chi connectivity index (χ2v) is 6.03. The van der Waals surface area contributed by atoms with Gasteiger partial charge in [0.25, 0.3) is 10.0 Å². The molecule has 0 atom stereocenters. The Morgan fingerprint density at radius 2 is 1.78 bits per heavy atom. The Bertz CT molecular complexity index is 642. The topological polar surface area (TPSA) is 59.1 Å². The molecule has 0 saturated carbocycles. The van der Waals surface area contributed by atoms with Crippen LogP contribution in [0.1, 0.15) is 0 Å². The molecule has 0 spiro atoms. The minimum atomic E-state index is -3.68. The number of nitrogens with one attached hydrogen (secondary N) is 1. The standard InChI is InChI=1S/C11H8BrFN2O2S/c12-8-1-4-10(5-2-8)18(16,17)15-9-3-6-11(13)14-7-9/h1-7,15H. The van der Waals surface area contributed by atoms with E-state index in [0.29, 0.717) is 0 Å². The van der Waals surface area contributed by atoms with Gasteiger partial charge in [-0.15, -0.1) is 0 Å². The van der Waals surface area contributed by atoms with Gasteiger partial charge < -0.3 is 0 Å². The van der Waals surface area contributed by atoms with Crippen molar-refractivity contribution < 1.29 is 12.8 Å². The first-order chi connectivity index (χ1) is 8.47. The second-order valence-electron chi connectivity index (χ2n) is 3.43. The first-order valence-electron chi connectivity index (χ1n) is 4.87. The molecule has 1 aromatic carbocycles. The van der Waals surface area contributed by atoms with Gasteiger partial charge in [-0.3, -0.25) is 4.72 Å². The van der Waals surface area contributed by atoms with E-state index >= 15 is 0 Å². The van der Waals surface area contributed by atoms with Crippen LogP contribution in [0.2, 0.25) is 0 Å². The molecular formula is C11H8BrFN2O2S. The number of anilines is 1. The third-order valence-corrected chi connectivity index (χ3v) is 4.03. The summed E-state index contributed by atoms with van der Waals surface area (Å²) in [5.41, 5.74) is 0.208. The molecule has 0 radical (unpaired) electrons. The van der Waals surface area contributed by atoms with Gasteiger partial charge in [-0.1, -0.05) is 15.9 Å². The predicted octanol–water partition coefficient (Wildman–Crippen LogP) is 2.78. The fraction of sp³-hybridized carbons (Fsp3) is 0. The summed E-state index contributed by atoms with van der Waals surface area (Å²) >= 11 is 3.22. The quantitative estimate of drug-likeness (QED) is 0.880. The lowest BCUT2D eigenvalue weighted by Gasteiger charge is -2.07. The number of sulfonamides is 1. The molecule has 0 fully saturated rings. The third-order valence-electron chi connectivity index (χ3n) is 2.10. The number of pyridine rings is 1. The highest BCUT2D eigenvalue weighted by Gasteiger charge is 2.13. The maximum atomic E-state index is 12.6. The molecule has 94 valence electrons. The van der Waals surface area contributed by atoms with Gasteiger partial charge in [0, 0.05) is 4.47 Å². The van der Waals surface area contributed by atoms with Crippen LogP contribution in [-0.2, 0) is 10.0 Å². The summed E-state index contributed by atoms with van der Waals surface area (Å²) in [5, 5.41) is 0. The van der Waals surface area contributed by atoms with Gasteiger partial charge in [0.05, 0.1) is 16.8 Å². The minimum absolute atomic E-state index is 0.120. The maximum absolute atomic E-state index is 12.6. The molecule has 2 rings (SSSR count). The monoisotopic (exact) mass is 330 g/mol. The van der Waals surface area contributed by atoms with Gasteiger partial charge in [0.15, 0.2) is 0 Å². The van der Waals surface area contributed by atoms with E-state index in [-0.39, 0.29) is 10.6 Å². The highest BCUT2D eigenvalue weighted by Crippen LogP contribution is 2.18. The molecule has 18 heavy (non-hydrogen) atoms. The number of halogens is 2. The molecule has 1 N–H and O–H groups in total. The van der Waals surface area contributed by atoms with E-state index in [2.05, 4.69) is 25.6 Å². The van der Waals surface area contributed by atoms with Crippen LogP contribution in [0.15, 0.2) is 52.0 Å². The zero-order valence-electron chi connectivity index (χ0n) is 8.97. The smallest absolute Gasteiger partial charge is 0.261 e. The molecule has 7 heteroatoms.